The van der Waals surface area contributed by atoms with Crippen molar-refractivity contribution in [3.8, 4) is 11.8 Å². The molecular weight excluding hydrogens is 418 g/mol. The molecule has 162 valence electrons. The Hall–Kier alpha value is -3.43. The zero-order valence-electron chi connectivity index (χ0n) is 18.0. The maximum atomic E-state index is 13.3. The van der Waals surface area contributed by atoms with Crippen LogP contribution < -0.4 is 9.64 Å². The molecule has 1 amide bonds. The average Bonchev–Trinajstić information content (AvgIpc) is 2.87. The lowest BCUT2D eigenvalue weighted by molar-refractivity contribution is 0.0743. The van der Waals surface area contributed by atoms with Crippen LogP contribution in [0.2, 0.25) is 0 Å². The fraction of sp³-hybridized carbons (Fsp3) is 0.231. The molecule has 0 saturated carbocycles. The summed E-state index contributed by atoms with van der Waals surface area (Å²) in [6.07, 6.45) is 0. The Labute approximate surface area is 193 Å². The van der Waals surface area contributed by atoms with Gasteiger partial charge in [0.25, 0.3) is 5.91 Å². The number of ether oxygens (including phenoxy) is 1. The number of para-hydroxylation sites is 2. The number of nitrogens with zero attached hydrogens (tertiary/aromatic N) is 3. The topological polar surface area (TPSA) is 56.6 Å². The van der Waals surface area contributed by atoms with Gasteiger partial charge in [0.05, 0.1) is 30.0 Å². The zero-order valence-corrected chi connectivity index (χ0v) is 18.8. The van der Waals surface area contributed by atoms with Gasteiger partial charge in [-0.15, -0.1) is 11.8 Å². The van der Waals surface area contributed by atoms with Crippen LogP contribution in [-0.4, -0.2) is 44.1 Å². The number of thioether (sulfide) groups is 1. The molecule has 0 unspecified atom stereocenters. The number of benzene rings is 3. The van der Waals surface area contributed by atoms with Gasteiger partial charge in [0, 0.05) is 36.8 Å². The number of carbonyl (C=O) groups is 1. The summed E-state index contributed by atoms with van der Waals surface area (Å²) in [5.41, 5.74) is 3.60. The first-order chi connectivity index (χ1) is 15.7. The van der Waals surface area contributed by atoms with Gasteiger partial charge in [0.1, 0.15) is 5.75 Å². The van der Waals surface area contributed by atoms with Gasteiger partial charge < -0.3 is 14.5 Å². The summed E-state index contributed by atoms with van der Waals surface area (Å²) in [6, 6.07) is 25.5. The highest BCUT2D eigenvalue weighted by Crippen LogP contribution is 2.30. The van der Waals surface area contributed by atoms with Crippen molar-refractivity contribution in [1.82, 2.24) is 4.90 Å². The fourth-order valence-electron chi connectivity index (χ4n) is 3.82. The van der Waals surface area contributed by atoms with Gasteiger partial charge in [0.15, 0.2) is 0 Å². The Morgan fingerprint density at radius 2 is 1.66 bits per heavy atom. The van der Waals surface area contributed by atoms with E-state index in [2.05, 4.69) is 17.0 Å². The third-order valence-electron chi connectivity index (χ3n) is 5.59. The maximum Gasteiger partial charge on any atom is 0.255 e. The van der Waals surface area contributed by atoms with Crippen molar-refractivity contribution in [3.63, 3.8) is 0 Å². The van der Waals surface area contributed by atoms with E-state index in [9.17, 15) is 4.79 Å². The average molecular weight is 444 g/mol. The number of hydrogen-bond donors (Lipinski definition) is 0. The van der Waals surface area contributed by atoms with E-state index < -0.39 is 0 Å². The number of hydrogen-bond acceptors (Lipinski definition) is 5. The molecule has 6 heteroatoms. The lowest BCUT2D eigenvalue weighted by Crippen LogP contribution is -2.49. The van der Waals surface area contributed by atoms with Crippen LogP contribution >= 0.6 is 11.8 Å². The van der Waals surface area contributed by atoms with Crippen LogP contribution in [0.3, 0.4) is 0 Å². The van der Waals surface area contributed by atoms with Gasteiger partial charge in [-0.25, -0.2) is 0 Å². The third kappa shape index (κ3) is 4.90. The minimum absolute atomic E-state index is 0.0765. The van der Waals surface area contributed by atoms with Gasteiger partial charge in [-0.2, -0.15) is 5.26 Å². The molecule has 0 radical (unpaired) electrons. The normalized spacial score (nSPS) is 13.5. The molecule has 0 spiro atoms. The van der Waals surface area contributed by atoms with E-state index in [1.807, 2.05) is 71.6 Å². The van der Waals surface area contributed by atoms with E-state index in [-0.39, 0.29) is 5.91 Å². The molecule has 1 fully saturated rings. The molecule has 1 aliphatic heterocycles. The van der Waals surface area contributed by atoms with Gasteiger partial charge in [-0.3, -0.25) is 4.79 Å². The SMILES string of the molecule is COc1ccccc1N1CCN(C(=O)c2ccccc2SCc2ccc(C#N)cc2)CC1. The van der Waals surface area contributed by atoms with Crippen LogP contribution in [-0.2, 0) is 5.75 Å². The summed E-state index contributed by atoms with van der Waals surface area (Å²) < 4.78 is 5.49. The largest absolute Gasteiger partial charge is 0.495 e. The molecule has 3 aromatic rings. The first kappa shape index (κ1) is 21.8. The quantitative estimate of drug-likeness (QED) is 0.511. The van der Waals surface area contributed by atoms with Crippen molar-refractivity contribution in [1.29, 1.82) is 5.26 Å². The number of carbonyl (C=O) groups excluding carboxylic acids is 1. The molecule has 1 aliphatic rings. The number of nitriles is 1. The Morgan fingerprint density at radius 1 is 0.969 bits per heavy atom. The maximum absolute atomic E-state index is 13.3. The number of amides is 1. The van der Waals surface area contributed by atoms with Crippen LogP contribution in [0.25, 0.3) is 0 Å². The fourth-order valence-corrected chi connectivity index (χ4v) is 4.82. The summed E-state index contributed by atoms with van der Waals surface area (Å²) in [4.78, 5) is 18.5. The Balaban J connectivity index is 1.41. The summed E-state index contributed by atoms with van der Waals surface area (Å²) in [7, 11) is 1.69. The highest BCUT2D eigenvalue weighted by molar-refractivity contribution is 7.98. The predicted octanol–water partition coefficient (Wildman–Crippen LogP) is 4.82. The summed E-state index contributed by atoms with van der Waals surface area (Å²) in [5, 5.41) is 8.96. The second-order valence-electron chi connectivity index (χ2n) is 7.54. The number of anilines is 1. The van der Waals surface area contributed by atoms with Crippen molar-refractivity contribution >= 4 is 23.4 Å². The van der Waals surface area contributed by atoms with Crippen molar-refractivity contribution in [3.05, 3.63) is 89.5 Å². The third-order valence-corrected chi connectivity index (χ3v) is 6.73. The minimum atomic E-state index is 0.0765. The number of rotatable bonds is 6. The Morgan fingerprint density at radius 3 is 2.38 bits per heavy atom. The minimum Gasteiger partial charge on any atom is -0.495 e. The number of methoxy groups -OCH3 is 1. The molecule has 0 aromatic heterocycles. The molecule has 1 saturated heterocycles. The van der Waals surface area contributed by atoms with Crippen molar-refractivity contribution < 1.29 is 9.53 Å². The molecule has 0 N–H and O–H groups in total. The Kier molecular flexibility index (Phi) is 6.98. The van der Waals surface area contributed by atoms with Crippen LogP contribution in [0.5, 0.6) is 5.75 Å². The summed E-state index contributed by atoms with van der Waals surface area (Å²) in [5.74, 6) is 1.68. The molecule has 1 heterocycles. The molecule has 5 nitrogen and oxygen atoms in total. The summed E-state index contributed by atoms with van der Waals surface area (Å²) >= 11 is 1.65. The predicted molar refractivity (Wildman–Crippen MR) is 128 cm³/mol. The van der Waals surface area contributed by atoms with Gasteiger partial charge in [0.2, 0.25) is 0 Å². The van der Waals surface area contributed by atoms with E-state index in [4.69, 9.17) is 10.00 Å². The zero-order chi connectivity index (χ0) is 22.3. The molecule has 4 rings (SSSR count). The molecule has 0 aliphatic carbocycles. The van der Waals surface area contributed by atoms with Gasteiger partial charge >= 0.3 is 0 Å². The first-order valence-corrected chi connectivity index (χ1v) is 11.6. The summed E-state index contributed by atoms with van der Waals surface area (Å²) in [6.45, 7) is 2.89. The lowest BCUT2D eigenvalue weighted by atomic mass is 10.1. The van der Waals surface area contributed by atoms with E-state index in [1.165, 1.54) is 0 Å². The molecule has 3 aromatic carbocycles. The molecular formula is C26H25N3O2S. The number of piperazine rings is 1. The molecule has 32 heavy (non-hydrogen) atoms. The molecule has 0 bridgehead atoms. The van der Waals surface area contributed by atoms with E-state index >= 15 is 0 Å². The van der Waals surface area contributed by atoms with Gasteiger partial charge in [-0.1, -0.05) is 36.4 Å². The highest BCUT2D eigenvalue weighted by Gasteiger charge is 2.25. The first-order valence-electron chi connectivity index (χ1n) is 10.6. The van der Waals surface area contributed by atoms with Crippen LogP contribution in [0, 0.1) is 11.3 Å². The van der Waals surface area contributed by atoms with Crippen LogP contribution in [0.4, 0.5) is 5.69 Å². The Bertz CT molecular complexity index is 1120. The van der Waals surface area contributed by atoms with E-state index in [0.29, 0.717) is 18.7 Å². The second-order valence-corrected chi connectivity index (χ2v) is 8.56. The van der Waals surface area contributed by atoms with Crippen LogP contribution in [0.15, 0.2) is 77.7 Å². The smallest absolute Gasteiger partial charge is 0.255 e. The second kappa shape index (κ2) is 10.3. The monoisotopic (exact) mass is 443 g/mol. The lowest BCUT2D eigenvalue weighted by Gasteiger charge is -2.36. The van der Waals surface area contributed by atoms with Crippen molar-refractivity contribution in [2.45, 2.75) is 10.6 Å². The highest BCUT2D eigenvalue weighted by atomic mass is 32.2. The van der Waals surface area contributed by atoms with Crippen molar-refractivity contribution in [2.24, 2.45) is 0 Å². The van der Waals surface area contributed by atoms with E-state index in [0.717, 1.165) is 46.3 Å². The van der Waals surface area contributed by atoms with E-state index in [1.54, 1.807) is 18.9 Å². The molecule has 0 atom stereocenters. The standard InChI is InChI=1S/C26H25N3O2S/c1-31-24-8-4-3-7-23(24)28-14-16-29(17-15-28)26(30)22-6-2-5-9-25(22)32-19-21-12-10-20(18-27)11-13-21/h2-13H,14-17,19H2,1H3. The van der Waals surface area contributed by atoms with Crippen LogP contribution in [0.1, 0.15) is 21.5 Å². The van der Waals surface area contributed by atoms with Gasteiger partial charge in [-0.05, 0) is 42.0 Å². The van der Waals surface area contributed by atoms with Crippen molar-refractivity contribution in [2.75, 3.05) is 38.2 Å².